The van der Waals surface area contributed by atoms with Crippen molar-refractivity contribution in [2.75, 3.05) is 19.0 Å². The van der Waals surface area contributed by atoms with E-state index in [1.54, 1.807) is 23.9 Å². The molecule has 0 aliphatic carbocycles. The van der Waals surface area contributed by atoms with Gasteiger partial charge in [0.2, 0.25) is 10.0 Å². The normalized spacial score (nSPS) is 19.5. The van der Waals surface area contributed by atoms with Gasteiger partial charge in [-0.1, -0.05) is 0 Å². The second kappa shape index (κ2) is 7.09. The van der Waals surface area contributed by atoms with Crippen LogP contribution in [0.15, 0.2) is 46.2 Å². The fourth-order valence-electron chi connectivity index (χ4n) is 3.05. The number of halogens is 1. The Labute approximate surface area is 155 Å². The smallest absolute Gasteiger partial charge is 0.241 e. The summed E-state index contributed by atoms with van der Waals surface area (Å²) in [6.07, 6.45) is 1.35. The second-order valence-corrected chi connectivity index (χ2v) is 9.00. The fourth-order valence-corrected chi connectivity index (χ4v) is 5.42. The first-order chi connectivity index (χ1) is 12.5. The number of nitrogens with one attached hydrogen (secondary N) is 1. The maximum atomic E-state index is 13.6. The molecule has 0 bridgehead atoms. The Morgan fingerprint density at radius 1 is 1.08 bits per heavy atom. The largest absolute Gasteiger partial charge is 0.490 e. The van der Waals surface area contributed by atoms with Gasteiger partial charge in [-0.05, 0) is 48.1 Å². The van der Waals surface area contributed by atoms with Gasteiger partial charge in [-0.2, -0.15) is 0 Å². The number of fused-ring (bicyclic) bond motifs is 2. The van der Waals surface area contributed by atoms with Crippen molar-refractivity contribution in [1.29, 1.82) is 0 Å². The van der Waals surface area contributed by atoms with Gasteiger partial charge in [-0.15, -0.1) is 11.8 Å². The Bertz CT molecular complexity index is 933. The van der Waals surface area contributed by atoms with Crippen LogP contribution in [0.4, 0.5) is 4.39 Å². The van der Waals surface area contributed by atoms with E-state index in [2.05, 4.69) is 4.72 Å². The molecule has 4 rings (SSSR count). The summed E-state index contributed by atoms with van der Waals surface area (Å²) in [6.45, 7) is 1.02. The minimum absolute atomic E-state index is 0.109. The van der Waals surface area contributed by atoms with E-state index in [0.717, 1.165) is 17.1 Å². The topological polar surface area (TPSA) is 64.6 Å². The van der Waals surface area contributed by atoms with E-state index in [0.29, 0.717) is 36.7 Å². The van der Waals surface area contributed by atoms with Crippen LogP contribution in [0.5, 0.6) is 11.5 Å². The van der Waals surface area contributed by atoms with Crippen molar-refractivity contribution in [3.8, 4) is 11.5 Å². The van der Waals surface area contributed by atoms with Gasteiger partial charge in [0.15, 0.2) is 11.5 Å². The summed E-state index contributed by atoms with van der Waals surface area (Å²) in [4.78, 5) is 1.02. The number of benzene rings is 2. The van der Waals surface area contributed by atoms with E-state index >= 15 is 0 Å². The highest BCUT2D eigenvalue weighted by atomic mass is 32.2. The van der Waals surface area contributed by atoms with Gasteiger partial charge in [-0.25, -0.2) is 17.5 Å². The van der Waals surface area contributed by atoms with Crippen LogP contribution in [0.25, 0.3) is 0 Å². The Morgan fingerprint density at radius 2 is 1.88 bits per heavy atom. The molecule has 2 aliphatic rings. The summed E-state index contributed by atoms with van der Waals surface area (Å²) >= 11 is 1.61. The van der Waals surface area contributed by atoms with Gasteiger partial charge in [0.05, 0.1) is 18.1 Å². The van der Waals surface area contributed by atoms with Crippen molar-refractivity contribution < 1.29 is 22.3 Å². The lowest BCUT2D eigenvalue weighted by molar-refractivity contribution is 0.297. The summed E-state index contributed by atoms with van der Waals surface area (Å²) < 4.78 is 53.2. The molecule has 5 nitrogen and oxygen atoms in total. The fraction of sp³-hybridized carbons (Fsp3) is 0.333. The molecule has 0 saturated carbocycles. The molecule has 0 fully saturated rings. The average molecular weight is 395 g/mol. The lowest BCUT2D eigenvalue weighted by atomic mass is 10.0. The van der Waals surface area contributed by atoms with Crippen molar-refractivity contribution in [1.82, 2.24) is 4.72 Å². The molecular formula is C18H18FNO4S2. The molecule has 0 radical (unpaired) electrons. The SMILES string of the molecule is O=S(=O)(N[C@@H]1CCSc2ccc(F)cc21)c1ccc2c(c1)OCCCO2. The number of thioether (sulfide) groups is 1. The van der Waals surface area contributed by atoms with Crippen LogP contribution < -0.4 is 14.2 Å². The molecule has 1 atom stereocenters. The van der Waals surface area contributed by atoms with Crippen LogP contribution in [0.2, 0.25) is 0 Å². The Hall–Kier alpha value is -1.77. The predicted octanol–water partition coefficient (Wildman–Crippen LogP) is 3.50. The first-order valence-electron chi connectivity index (χ1n) is 8.37. The standard InChI is InChI=1S/C18H18FNO4S2/c19-12-2-5-18-14(10-12)15(6-9-25-18)20-26(21,22)13-3-4-16-17(11-13)24-8-1-7-23-16/h2-5,10-11,15,20H,1,6-9H2/t15-/m1/s1. The number of hydrogen-bond acceptors (Lipinski definition) is 5. The van der Waals surface area contributed by atoms with Crippen molar-refractivity contribution in [3.63, 3.8) is 0 Å². The van der Waals surface area contributed by atoms with Crippen LogP contribution in [0.1, 0.15) is 24.4 Å². The molecular weight excluding hydrogens is 377 g/mol. The summed E-state index contributed by atoms with van der Waals surface area (Å²) in [5.74, 6) is 1.37. The van der Waals surface area contributed by atoms with Crippen molar-refractivity contribution in [3.05, 3.63) is 47.8 Å². The van der Waals surface area contributed by atoms with Gasteiger partial charge in [-0.3, -0.25) is 0 Å². The van der Waals surface area contributed by atoms with Gasteiger partial charge >= 0.3 is 0 Å². The molecule has 2 aromatic rings. The minimum Gasteiger partial charge on any atom is -0.490 e. The molecule has 26 heavy (non-hydrogen) atoms. The van der Waals surface area contributed by atoms with E-state index in [1.807, 2.05) is 0 Å². The molecule has 2 heterocycles. The lowest BCUT2D eigenvalue weighted by Crippen LogP contribution is -2.30. The first-order valence-corrected chi connectivity index (χ1v) is 10.8. The lowest BCUT2D eigenvalue weighted by Gasteiger charge is -2.26. The molecule has 0 aromatic heterocycles. The first kappa shape index (κ1) is 17.6. The van der Waals surface area contributed by atoms with E-state index in [-0.39, 0.29) is 10.7 Å². The molecule has 0 spiro atoms. The van der Waals surface area contributed by atoms with Crippen molar-refractivity contribution in [2.45, 2.75) is 28.7 Å². The highest BCUT2D eigenvalue weighted by Crippen LogP contribution is 2.38. The number of sulfonamides is 1. The van der Waals surface area contributed by atoms with Crippen LogP contribution >= 0.6 is 11.8 Å². The number of rotatable bonds is 3. The monoisotopic (exact) mass is 395 g/mol. The van der Waals surface area contributed by atoms with Crippen LogP contribution in [-0.4, -0.2) is 27.4 Å². The molecule has 0 unspecified atom stereocenters. The zero-order valence-electron chi connectivity index (χ0n) is 13.9. The zero-order valence-corrected chi connectivity index (χ0v) is 15.5. The summed E-state index contributed by atoms with van der Waals surface area (Å²) in [6, 6.07) is 8.63. The van der Waals surface area contributed by atoms with Crippen molar-refractivity contribution >= 4 is 21.8 Å². The molecule has 0 saturated heterocycles. The van der Waals surface area contributed by atoms with Crippen LogP contribution in [-0.2, 0) is 10.0 Å². The Kier molecular flexibility index (Phi) is 4.81. The maximum absolute atomic E-state index is 13.6. The third kappa shape index (κ3) is 3.54. The quantitative estimate of drug-likeness (QED) is 0.862. The van der Waals surface area contributed by atoms with Crippen LogP contribution in [0.3, 0.4) is 0 Å². The molecule has 2 aromatic carbocycles. The van der Waals surface area contributed by atoms with E-state index in [1.165, 1.54) is 24.3 Å². The van der Waals surface area contributed by atoms with Crippen LogP contribution in [0, 0.1) is 5.82 Å². The summed E-state index contributed by atoms with van der Waals surface area (Å²) in [5.41, 5.74) is 0.680. The third-order valence-corrected chi connectivity index (χ3v) is 6.93. The summed E-state index contributed by atoms with van der Waals surface area (Å²) in [5, 5.41) is 0. The molecule has 0 amide bonds. The Morgan fingerprint density at radius 3 is 2.73 bits per heavy atom. The highest BCUT2D eigenvalue weighted by Gasteiger charge is 2.27. The Balaban J connectivity index is 1.63. The van der Waals surface area contributed by atoms with E-state index in [9.17, 15) is 12.8 Å². The second-order valence-electron chi connectivity index (χ2n) is 6.15. The molecule has 138 valence electrons. The minimum atomic E-state index is -3.78. The van der Waals surface area contributed by atoms with E-state index in [4.69, 9.17) is 9.47 Å². The van der Waals surface area contributed by atoms with Gasteiger partial charge in [0.1, 0.15) is 5.82 Å². The van der Waals surface area contributed by atoms with Gasteiger partial charge < -0.3 is 9.47 Å². The van der Waals surface area contributed by atoms with E-state index < -0.39 is 16.1 Å². The number of ether oxygens (including phenoxy) is 2. The van der Waals surface area contributed by atoms with Gasteiger partial charge in [0.25, 0.3) is 0 Å². The van der Waals surface area contributed by atoms with Crippen molar-refractivity contribution in [2.24, 2.45) is 0 Å². The third-order valence-electron chi connectivity index (χ3n) is 4.34. The maximum Gasteiger partial charge on any atom is 0.241 e. The summed E-state index contributed by atoms with van der Waals surface area (Å²) in [7, 11) is -3.78. The molecule has 1 N–H and O–H groups in total. The number of hydrogen-bond donors (Lipinski definition) is 1. The zero-order chi connectivity index (χ0) is 18.1. The molecule has 2 aliphatic heterocycles. The average Bonchev–Trinajstić information content (AvgIpc) is 2.87. The molecule has 8 heteroatoms. The predicted molar refractivity (Wildman–Crippen MR) is 96.9 cm³/mol. The highest BCUT2D eigenvalue weighted by molar-refractivity contribution is 7.99. The van der Waals surface area contributed by atoms with Gasteiger partial charge in [0, 0.05) is 23.4 Å².